The van der Waals surface area contributed by atoms with Crippen molar-refractivity contribution in [3.05, 3.63) is 49.0 Å². The van der Waals surface area contributed by atoms with Crippen LogP contribution in [0.5, 0.6) is 5.75 Å². The smallest absolute Gasteiger partial charge is 0.263 e. The van der Waals surface area contributed by atoms with Crippen molar-refractivity contribution in [3.8, 4) is 5.75 Å². The van der Waals surface area contributed by atoms with E-state index in [1.807, 2.05) is 0 Å². The lowest BCUT2D eigenvalue weighted by Gasteiger charge is -2.15. The Morgan fingerprint density at radius 3 is 2.30 bits per heavy atom. The minimum atomic E-state index is -0.378. The molecule has 0 saturated heterocycles. The number of hydrogen-bond donors (Lipinski definition) is 1. The molecule has 0 aliphatic rings. The highest BCUT2D eigenvalue weighted by Gasteiger charge is 2.18. The van der Waals surface area contributed by atoms with Crippen molar-refractivity contribution in [1.82, 2.24) is 4.98 Å². The van der Waals surface area contributed by atoms with Crippen LogP contribution in [0.2, 0.25) is 15.1 Å². The molecule has 1 aromatic carbocycles. The first-order valence-electron chi connectivity index (χ1n) is 6.49. The van der Waals surface area contributed by atoms with Crippen LogP contribution in [0.1, 0.15) is 11.1 Å². The summed E-state index contributed by atoms with van der Waals surface area (Å²) >= 11 is 21.8. The lowest BCUT2D eigenvalue weighted by molar-refractivity contribution is -0.118. The Morgan fingerprint density at radius 2 is 1.78 bits per heavy atom. The largest absolute Gasteiger partial charge is 0.481 e. The molecule has 2 aromatic rings. The van der Waals surface area contributed by atoms with E-state index in [-0.39, 0.29) is 18.3 Å². The van der Waals surface area contributed by atoms with Crippen molar-refractivity contribution >= 4 is 62.5 Å². The molecule has 1 amide bonds. The number of amides is 1. The Kier molecular flexibility index (Phi) is 6.14. The van der Waals surface area contributed by atoms with Gasteiger partial charge in [0, 0.05) is 15.7 Å². The van der Waals surface area contributed by atoms with E-state index in [2.05, 4.69) is 26.2 Å². The van der Waals surface area contributed by atoms with Gasteiger partial charge in [-0.15, -0.1) is 0 Å². The summed E-state index contributed by atoms with van der Waals surface area (Å²) in [5.41, 5.74) is 1.31. The molecule has 1 N–H and O–H groups in total. The van der Waals surface area contributed by atoms with Gasteiger partial charge in [-0.3, -0.25) is 4.79 Å². The number of rotatable bonds is 4. The molecule has 0 unspecified atom stereocenters. The normalized spacial score (nSPS) is 10.5. The van der Waals surface area contributed by atoms with Crippen molar-refractivity contribution < 1.29 is 9.53 Å². The number of carbonyl (C=O) groups excluding carboxylic acids is 1. The van der Waals surface area contributed by atoms with Gasteiger partial charge in [-0.05, 0) is 53.0 Å². The van der Waals surface area contributed by atoms with E-state index in [1.54, 1.807) is 32.2 Å². The number of nitrogens with one attached hydrogen (secondary N) is 1. The van der Waals surface area contributed by atoms with Gasteiger partial charge in [-0.1, -0.05) is 34.8 Å². The lowest BCUT2D eigenvalue weighted by Crippen LogP contribution is -2.21. The van der Waals surface area contributed by atoms with Crippen LogP contribution in [-0.4, -0.2) is 17.5 Å². The van der Waals surface area contributed by atoms with Gasteiger partial charge in [0.1, 0.15) is 5.82 Å². The molecule has 0 aliphatic heterocycles. The van der Waals surface area contributed by atoms with Crippen molar-refractivity contribution in [2.45, 2.75) is 13.8 Å². The van der Waals surface area contributed by atoms with Gasteiger partial charge in [0.25, 0.3) is 5.91 Å². The van der Waals surface area contributed by atoms with Crippen LogP contribution in [-0.2, 0) is 4.79 Å². The molecule has 0 saturated carbocycles. The summed E-state index contributed by atoms with van der Waals surface area (Å²) in [6.07, 6.45) is 1.58. The second kappa shape index (κ2) is 7.71. The molecular weight excluding hydrogens is 426 g/mol. The number of hydrogen-bond acceptors (Lipinski definition) is 3. The summed E-state index contributed by atoms with van der Waals surface area (Å²) in [6.45, 7) is 3.26. The van der Waals surface area contributed by atoms with Gasteiger partial charge in [0.2, 0.25) is 0 Å². The standard InChI is InChI=1S/C15H12BrCl3N2O2/c1-7-12(17)8(2)14(19)15(13(7)18)23-6-11(22)21-10-4-3-9(16)5-20-10/h3-5H,6H2,1-2H3,(H,20,21,22). The molecule has 0 atom stereocenters. The third-order valence-corrected chi connectivity index (χ3v) is 5.00. The average Bonchev–Trinajstić information content (AvgIpc) is 2.53. The zero-order valence-electron chi connectivity index (χ0n) is 12.2. The highest BCUT2D eigenvalue weighted by molar-refractivity contribution is 9.10. The van der Waals surface area contributed by atoms with Crippen molar-refractivity contribution in [2.75, 3.05) is 11.9 Å². The van der Waals surface area contributed by atoms with Crippen LogP contribution in [0.4, 0.5) is 5.82 Å². The highest BCUT2D eigenvalue weighted by Crippen LogP contribution is 2.42. The molecule has 0 bridgehead atoms. The third kappa shape index (κ3) is 4.29. The molecule has 122 valence electrons. The van der Waals surface area contributed by atoms with E-state index < -0.39 is 0 Å². The van der Waals surface area contributed by atoms with Crippen LogP contribution in [0.25, 0.3) is 0 Å². The zero-order chi connectivity index (χ0) is 17.1. The minimum Gasteiger partial charge on any atom is -0.481 e. The number of halogens is 4. The van der Waals surface area contributed by atoms with Crippen LogP contribution in [0.15, 0.2) is 22.8 Å². The number of aromatic nitrogens is 1. The molecule has 1 aromatic heterocycles. The highest BCUT2D eigenvalue weighted by atomic mass is 79.9. The van der Waals surface area contributed by atoms with Gasteiger partial charge < -0.3 is 10.1 Å². The van der Waals surface area contributed by atoms with Gasteiger partial charge in [0.05, 0.1) is 10.0 Å². The summed E-state index contributed by atoms with van der Waals surface area (Å²) < 4.78 is 6.29. The maximum atomic E-state index is 11.9. The number of benzene rings is 1. The predicted molar refractivity (Wildman–Crippen MR) is 97.0 cm³/mol. The van der Waals surface area contributed by atoms with E-state index in [9.17, 15) is 4.79 Å². The summed E-state index contributed by atoms with van der Waals surface area (Å²) in [6, 6.07) is 3.43. The first-order valence-corrected chi connectivity index (χ1v) is 8.41. The fourth-order valence-corrected chi connectivity index (χ4v) is 2.86. The topological polar surface area (TPSA) is 51.2 Å². The Labute approximate surface area is 157 Å². The summed E-state index contributed by atoms with van der Waals surface area (Å²) in [7, 11) is 0. The number of anilines is 1. The maximum Gasteiger partial charge on any atom is 0.263 e. The van der Waals surface area contributed by atoms with Crippen LogP contribution < -0.4 is 10.1 Å². The molecule has 0 radical (unpaired) electrons. The average molecular weight is 439 g/mol. The molecule has 23 heavy (non-hydrogen) atoms. The van der Waals surface area contributed by atoms with Crippen molar-refractivity contribution in [1.29, 1.82) is 0 Å². The first-order chi connectivity index (χ1) is 10.8. The third-order valence-electron chi connectivity index (χ3n) is 3.06. The molecule has 4 nitrogen and oxygen atoms in total. The number of carbonyl (C=O) groups is 1. The number of ether oxygens (including phenoxy) is 1. The second-order valence-electron chi connectivity index (χ2n) is 4.72. The Bertz CT molecular complexity index is 722. The first kappa shape index (κ1) is 18.3. The second-order valence-corrected chi connectivity index (χ2v) is 6.77. The quantitative estimate of drug-likeness (QED) is 0.692. The summed E-state index contributed by atoms with van der Waals surface area (Å²) in [5, 5.41) is 3.68. The molecular formula is C15H12BrCl3N2O2. The zero-order valence-corrected chi connectivity index (χ0v) is 16.1. The van der Waals surface area contributed by atoms with Gasteiger partial charge >= 0.3 is 0 Å². The minimum absolute atomic E-state index is 0.242. The molecule has 2 rings (SSSR count). The van der Waals surface area contributed by atoms with Crippen LogP contribution in [0, 0.1) is 13.8 Å². The SMILES string of the molecule is Cc1c(Cl)c(C)c(Cl)c(OCC(=O)Nc2ccc(Br)cn2)c1Cl. The van der Waals surface area contributed by atoms with Crippen LogP contribution >= 0.6 is 50.7 Å². The van der Waals surface area contributed by atoms with Gasteiger partial charge in [0.15, 0.2) is 12.4 Å². The van der Waals surface area contributed by atoms with E-state index in [4.69, 9.17) is 39.5 Å². The van der Waals surface area contributed by atoms with Crippen molar-refractivity contribution in [2.24, 2.45) is 0 Å². The maximum absolute atomic E-state index is 11.9. The molecule has 0 fully saturated rings. The Morgan fingerprint density at radius 1 is 1.17 bits per heavy atom. The molecule has 0 aliphatic carbocycles. The summed E-state index contributed by atoms with van der Waals surface area (Å²) in [4.78, 5) is 16.0. The predicted octanol–water partition coefficient (Wildman–Crippen LogP) is 5.44. The number of pyridine rings is 1. The molecule has 1 heterocycles. The monoisotopic (exact) mass is 436 g/mol. The van der Waals surface area contributed by atoms with Gasteiger partial charge in [-0.2, -0.15) is 0 Å². The lowest BCUT2D eigenvalue weighted by atomic mass is 10.1. The van der Waals surface area contributed by atoms with E-state index in [0.29, 0.717) is 32.0 Å². The fraction of sp³-hybridized carbons (Fsp3) is 0.200. The van der Waals surface area contributed by atoms with E-state index in [1.165, 1.54) is 0 Å². The molecule has 8 heteroatoms. The fourth-order valence-electron chi connectivity index (χ4n) is 1.80. The Hall–Kier alpha value is -1.01. The van der Waals surface area contributed by atoms with E-state index >= 15 is 0 Å². The van der Waals surface area contributed by atoms with E-state index in [0.717, 1.165) is 4.47 Å². The number of nitrogens with zero attached hydrogens (tertiary/aromatic N) is 1. The Balaban J connectivity index is 2.09. The van der Waals surface area contributed by atoms with Crippen molar-refractivity contribution in [3.63, 3.8) is 0 Å². The van der Waals surface area contributed by atoms with Crippen LogP contribution in [0.3, 0.4) is 0 Å². The van der Waals surface area contributed by atoms with Gasteiger partial charge in [-0.25, -0.2) is 4.98 Å². The summed E-state index contributed by atoms with van der Waals surface area (Å²) in [5.74, 6) is 0.284. The molecule has 0 spiro atoms.